The number of benzene rings is 1. The van der Waals surface area contributed by atoms with Gasteiger partial charge in [-0.05, 0) is 38.5 Å². The van der Waals surface area contributed by atoms with Crippen molar-refractivity contribution >= 4 is 16.8 Å². The second-order valence-electron chi connectivity index (χ2n) is 6.25. The molecule has 1 atom stereocenters. The number of hydrogen-bond donors (Lipinski definition) is 0. The van der Waals surface area contributed by atoms with Gasteiger partial charge in [0.05, 0.1) is 30.5 Å². The molecule has 1 aromatic heterocycles. The predicted octanol–water partition coefficient (Wildman–Crippen LogP) is 3.05. The molecule has 1 aromatic carbocycles. The molecule has 0 N–H and O–H groups in total. The molecule has 24 heavy (non-hydrogen) atoms. The molecule has 5 nitrogen and oxygen atoms in total. The zero-order valence-corrected chi connectivity index (χ0v) is 14.5. The van der Waals surface area contributed by atoms with Crippen LogP contribution in [0.1, 0.15) is 29.4 Å². The molecule has 2 aromatic rings. The zero-order valence-electron chi connectivity index (χ0n) is 14.5. The number of amides is 1. The van der Waals surface area contributed by atoms with Crippen molar-refractivity contribution in [3.8, 4) is 5.75 Å². The third kappa shape index (κ3) is 3.36. The van der Waals surface area contributed by atoms with Gasteiger partial charge in [0, 0.05) is 37.1 Å². The molecule has 0 unspecified atom stereocenters. The second kappa shape index (κ2) is 7.18. The topological polar surface area (TPSA) is 51.7 Å². The Hall–Kier alpha value is -2.14. The highest BCUT2D eigenvalue weighted by molar-refractivity contribution is 5.98. The number of rotatable bonds is 5. The zero-order chi connectivity index (χ0) is 17.1. The van der Waals surface area contributed by atoms with E-state index in [0.717, 1.165) is 48.5 Å². The molecule has 0 saturated carbocycles. The highest BCUT2D eigenvalue weighted by Gasteiger charge is 2.23. The summed E-state index contributed by atoms with van der Waals surface area (Å²) < 4.78 is 10.7. The molecule has 1 aliphatic rings. The van der Waals surface area contributed by atoms with Crippen molar-refractivity contribution in [3.63, 3.8) is 0 Å². The van der Waals surface area contributed by atoms with E-state index in [0.29, 0.717) is 18.0 Å². The Morgan fingerprint density at radius 2 is 2.25 bits per heavy atom. The fraction of sp³-hybridized carbons (Fsp3) is 0.474. The summed E-state index contributed by atoms with van der Waals surface area (Å²) in [5, 5.41) is 0.949. The lowest BCUT2D eigenvalue weighted by atomic mass is 10.1. The van der Waals surface area contributed by atoms with Crippen LogP contribution in [0.2, 0.25) is 0 Å². The fourth-order valence-corrected chi connectivity index (χ4v) is 3.15. The molecule has 128 valence electrons. The highest BCUT2D eigenvalue weighted by atomic mass is 16.5. The summed E-state index contributed by atoms with van der Waals surface area (Å²) >= 11 is 0. The standard InChI is InChI=1S/C19H24N2O3/c1-4-21(11-14-7-8-24-12-14)19(22)17-9-15-5-6-16(23-3)10-18(15)20-13(17)2/h5-6,9-10,14H,4,7-8,11-12H2,1-3H3/t14-/m1/s1. The summed E-state index contributed by atoms with van der Waals surface area (Å²) in [4.78, 5) is 19.5. The highest BCUT2D eigenvalue weighted by Crippen LogP contribution is 2.23. The number of fused-ring (bicyclic) bond motifs is 1. The van der Waals surface area contributed by atoms with Gasteiger partial charge in [-0.2, -0.15) is 0 Å². The smallest absolute Gasteiger partial charge is 0.255 e. The van der Waals surface area contributed by atoms with Crippen molar-refractivity contribution in [3.05, 3.63) is 35.5 Å². The lowest BCUT2D eigenvalue weighted by molar-refractivity contribution is 0.0730. The van der Waals surface area contributed by atoms with E-state index < -0.39 is 0 Å². The minimum Gasteiger partial charge on any atom is -0.497 e. The van der Waals surface area contributed by atoms with Crippen molar-refractivity contribution < 1.29 is 14.3 Å². The van der Waals surface area contributed by atoms with Gasteiger partial charge in [0.15, 0.2) is 0 Å². The maximum Gasteiger partial charge on any atom is 0.255 e. The Morgan fingerprint density at radius 3 is 2.92 bits per heavy atom. The number of aryl methyl sites for hydroxylation is 1. The summed E-state index contributed by atoms with van der Waals surface area (Å²) in [6.07, 6.45) is 1.03. The van der Waals surface area contributed by atoms with Gasteiger partial charge in [-0.3, -0.25) is 9.78 Å². The van der Waals surface area contributed by atoms with Crippen molar-refractivity contribution in [1.82, 2.24) is 9.88 Å². The molecular weight excluding hydrogens is 304 g/mol. The largest absolute Gasteiger partial charge is 0.497 e. The summed E-state index contributed by atoms with van der Waals surface area (Å²) in [7, 11) is 1.64. The van der Waals surface area contributed by atoms with E-state index in [1.807, 2.05) is 43.0 Å². The lowest BCUT2D eigenvalue weighted by Gasteiger charge is -2.24. The monoisotopic (exact) mass is 328 g/mol. The maximum atomic E-state index is 13.0. The SMILES string of the molecule is CCN(C[C@H]1CCOC1)C(=O)c1cc2ccc(OC)cc2nc1C. The van der Waals surface area contributed by atoms with Crippen molar-refractivity contribution in [1.29, 1.82) is 0 Å². The molecule has 0 aliphatic carbocycles. The number of hydrogen-bond acceptors (Lipinski definition) is 4. The van der Waals surface area contributed by atoms with E-state index in [4.69, 9.17) is 9.47 Å². The quantitative estimate of drug-likeness (QED) is 0.846. The van der Waals surface area contributed by atoms with E-state index >= 15 is 0 Å². The maximum absolute atomic E-state index is 13.0. The molecule has 1 saturated heterocycles. The Bertz CT molecular complexity index is 739. The predicted molar refractivity (Wildman–Crippen MR) is 93.5 cm³/mol. The van der Waals surface area contributed by atoms with Crippen LogP contribution in [0.25, 0.3) is 10.9 Å². The van der Waals surface area contributed by atoms with Gasteiger partial charge < -0.3 is 14.4 Å². The summed E-state index contributed by atoms with van der Waals surface area (Å²) in [6.45, 7) is 6.89. The Morgan fingerprint density at radius 1 is 1.42 bits per heavy atom. The first-order valence-corrected chi connectivity index (χ1v) is 8.44. The van der Waals surface area contributed by atoms with E-state index in [1.165, 1.54) is 0 Å². The first-order valence-electron chi connectivity index (χ1n) is 8.44. The van der Waals surface area contributed by atoms with Gasteiger partial charge in [-0.25, -0.2) is 0 Å². The minimum absolute atomic E-state index is 0.0483. The normalized spacial score (nSPS) is 17.2. The molecule has 1 aliphatic heterocycles. The average Bonchev–Trinajstić information content (AvgIpc) is 3.11. The van der Waals surface area contributed by atoms with E-state index in [1.54, 1.807) is 7.11 Å². The Kier molecular flexibility index (Phi) is 5.00. The van der Waals surface area contributed by atoms with Crippen LogP contribution in [0.5, 0.6) is 5.75 Å². The van der Waals surface area contributed by atoms with Gasteiger partial charge in [0.1, 0.15) is 5.75 Å². The van der Waals surface area contributed by atoms with E-state index in [-0.39, 0.29) is 5.91 Å². The van der Waals surface area contributed by atoms with Gasteiger partial charge in [-0.1, -0.05) is 0 Å². The number of methoxy groups -OCH3 is 1. The van der Waals surface area contributed by atoms with Crippen LogP contribution in [-0.2, 0) is 4.74 Å². The number of ether oxygens (including phenoxy) is 2. The summed E-state index contributed by atoms with van der Waals surface area (Å²) in [5.41, 5.74) is 2.27. The minimum atomic E-state index is 0.0483. The molecule has 1 amide bonds. The first-order chi connectivity index (χ1) is 11.6. The van der Waals surface area contributed by atoms with Crippen LogP contribution in [0.3, 0.4) is 0 Å². The van der Waals surface area contributed by atoms with Crippen molar-refractivity contribution in [2.45, 2.75) is 20.3 Å². The third-order valence-corrected chi connectivity index (χ3v) is 4.62. The third-order valence-electron chi connectivity index (χ3n) is 4.62. The van der Waals surface area contributed by atoms with Gasteiger partial charge in [0.25, 0.3) is 5.91 Å². The lowest BCUT2D eigenvalue weighted by Crippen LogP contribution is -2.36. The molecular formula is C19H24N2O3. The Balaban J connectivity index is 1.88. The first kappa shape index (κ1) is 16.7. The van der Waals surface area contributed by atoms with Crippen LogP contribution in [0, 0.1) is 12.8 Å². The van der Waals surface area contributed by atoms with E-state index in [2.05, 4.69) is 4.98 Å². The number of carbonyl (C=O) groups is 1. The van der Waals surface area contributed by atoms with Crippen LogP contribution < -0.4 is 4.74 Å². The van der Waals surface area contributed by atoms with E-state index in [9.17, 15) is 4.79 Å². The molecule has 0 bridgehead atoms. The van der Waals surface area contributed by atoms with Gasteiger partial charge >= 0.3 is 0 Å². The number of carbonyl (C=O) groups excluding carboxylic acids is 1. The number of nitrogens with zero attached hydrogens (tertiary/aromatic N) is 2. The summed E-state index contributed by atoms with van der Waals surface area (Å²) in [5.74, 6) is 1.25. The molecule has 1 fully saturated rings. The van der Waals surface area contributed by atoms with Crippen LogP contribution in [-0.4, -0.2) is 49.2 Å². The fourth-order valence-electron chi connectivity index (χ4n) is 3.15. The molecule has 0 spiro atoms. The Labute approximate surface area is 142 Å². The number of aromatic nitrogens is 1. The molecule has 0 radical (unpaired) electrons. The molecule has 3 rings (SSSR count). The van der Waals surface area contributed by atoms with Crippen LogP contribution >= 0.6 is 0 Å². The van der Waals surface area contributed by atoms with Gasteiger partial charge in [-0.15, -0.1) is 0 Å². The van der Waals surface area contributed by atoms with Crippen molar-refractivity contribution in [2.24, 2.45) is 5.92 Å². The van der Waals surface area contributed by atoms with Gasteiger partial charge in [0.2, 0.25) is 0 Å². The van der Waals surface area contributed by atoms with Crippen molar-refractivity contribution in [2.75, 3.05) is 33.4 Å². The van der Waals surface area contributed by atoms with Crippen LogP contribution in [0.15, 0.2) is 24.3 Å². The summed E-state index contributed by atoms with van der Waals surface area (Å²) in [6, 6.07) is 7.66. The molecule has 5 heteroatoms. The molecule has 2 heterocycles. The second-order valence-corrected chi connectivity index (χ2v) is 6.25. The average molecular weight is 328 g/mol. The number of pyridine rings is 1. The van der Waals surface area contributed by atoms with Crippen LogP contribution in [0.4, 0.5) is 0 Å².